The first-order valence-corrected chi connectivity index (χ1v) is 11.4. The van der Waals surface area contributed by atoms with Gasteiger partial charge in [0, 0.05) is 30.1 Å². The Balaban J connectivity index is 1.52. The van der Waals surface area contributed by atoms with Gasteiger partial charge in [0.25, 0.3) is 0 Å². The Morgan fingerprint density at radius 2 is 1.86 bits per heavy atom. The molecule has 2 aromatic rings. The van der Waals surface area contributed by atoms with E-state index in [2.05, 4.69) is 29.6 Å². The smallest absolute Gasteiger partial charge is 0.343 e. The van der Waals surface area contributed by atoms with Gasteiger partial charge in [-0.15, -0.1) is 0 Å². The maximum atomic E-state index is 13.0. The fourth-order valence-corrected chi connectivity index (χ4v) is 4.82. The molecule has 1 unspecified atom stereocenters. The van der Waals surface area contributed by atoms with Crippen molar-refractivity contribution in [3.8, 4) is 5.75 Å². The molecule has 4 nitrogen and oxygen atoms in total. The molecule has 1 atom stereocenters. The molecule has 2 saturated carbocycles. The minimum absolute atomic E-state index is 0.0790. The summed E-state index contributed by atoms with van der Waals surface area (Å²) in [6, 6.07) is 8.42. The number of rotatable bonds is 6. The average Bonchev–Trinajstić information content (AvgIpc) is 3.60. The molecule has 0 amide bonds. The monoisotopic (exact) mass is 393 g/mol. The number of benzene rings is 1. The third-order valence-corrected chi connectivity index (χ3v) is 6.84. The first-order valence-electron chi connectivity index (χ1n) is 11.4. The summed E-state index contributed by atoms with van der Waals surface area (Å²) in [5.41, 5.74) is 3.26. The van der Waals surface area contributed by atoms with Crippen molar-refractivity contribution in [3.05, 3.63) is 57.1 Å². The zero-order valence-electron chi connectivity index (χ0n) is 17.1. The third kappa shape index (κ3) is 4.08. The normalized spacial score (nSPS) is 20.4. The molecule has 154 valence electrons. The van der Waals surface area contributed by atoms with E-state index in [0.29, 0.717) is 17.2 Å². The van der Waals surface area contributed by atoms with Gasteiger partial charge in [0.05, 0.1) is 5.56 Å². The van der Waals surface area contributed by atoms with Crippen molar-refractivity contribution < 1.29 is 9.52 Å². The topological polar surface area (TPSA) is 62.5 Å². The molecule has 0 bridgehead atoms. The minimum Gasteiger partial charge on any atom is -0.507 e. The lowest BCUT2D eigenvalue weighted by molar-refractivity contribution is 0.382. The number of hydrogen-bond acceptors (Lipinski definition) is 4. The van der Waals surface area contributed by atoms with Crippen LogP contribution in [0.2, 0.25) is 0 Å². The highest BCUT2D eigenvalue weighted by Crippen LogP contribution is 2.49. The zero-order valence-corrected chi connectivity index (χ0v) is 17.1. The molecule has 29 heavy (non-hydrogen) atoms. The third-order valence-electron chi connectivity index (χ3n) is 6.84. The highest BCUT2D eigenvalue weighted by atomic mass is 16.4. The number of anilines is 1. The average molecular weight is 394 g/mol. The molecule has 5 rings (SSSR count). The van der Waals surface area contributed by atoms with Gasteiger partial charge in [-0.1, -0.05) is 25.0 Å². The first-order chi connectivity index (χ1) is 14.2. The lowest BCUT2D eigenvalue weighted by atomic mass is 9.85. The van der Waals surface area contributed by atoms with Crippen molar-refractivity contribution in [2.75, 3.05) is 11.9 Å². The van der Waals surface area contributed by atoms with Crippen LogP contribution in [0.3, 0.4) is 0 Å². The van der Waals surface area contributed by atoms with E-state index in [1.54, 1.807) is 0 Å². The molecule has 1 aromatic carbocycles. The van der Waals surface area contributed by atoms with Gasteiger partial charge in [-0.2, -0.15) is 0 Å². The molecule has 3 aliphatic carbocycles. The summed E-state index contributed by atoms with van der Waals surface area (Å²) < 4.78 is 5.81. The molecule has 1 heterocycles. The van der Waals surface area contributed by atoms with Crippen LogP contribution in [0.15, 0.2) is 33.5 Å². The summed E-state index contributed by atoms with van der Waals surface area (Å²) in [5.74, 6) is 2.07. The number of hydrogen-bond donors (Lipinski definition) is 2. The molecular formula is C25H31NO3. The van der Waals surface area contributed by atoms with Crippen molar-refractivity contribution in [3.63, 3.8) is 0 Å². The molecule has 0 saturated heterocycles. The fraction of sp³-hybridized carbons (Fsp3) is 0.560. The minimum atomic E-state index is -0.338. The van der Waals surface area contributed by atoms with E-state index in [1.165, 1.54) is 19.3 Å². The van der Waals surface area contributed by atoms with Crippen molar-refractivity contribution in [1.29, 1.82) is 0 Å². The zero-order chi connectivity index (χ0) is 19.8. The summed E-state index contributed by atoms with van der Waals surface area (Å²) >= 11 is 0. The summed E-state index contributed by atoms with van der Waals surface area (Å²) in [6.07, 6.45) is 10.8. The Bertz CT molecular complexity index is 940. The SMILES string of the molecule is O=c1oc2c(c(O)c1C(c1cccc(NCC3CC3)c1)C1CC1)CCCCCC2. The Morgan fingerprint density at radius 3 is 2.62 bits per heavy atom. The van der Waals surface area contributed by atoms with Gasteiger partial charge in [-0.25, -0.2) is 4.79 Å². The summed E-state index contributed by atoms with van der Waals surface area (Å²) in [5, 5.41) is 14.8. The van der Waals surface area contributed by atoms with E-state index < -0.39 is 0 Å². The van der Waals surface area contributed by atoms with Crippen LogP contribution >= 0.6 is 0 Å². The quantitative estimate of drug-likeness (QED) is 0.693. The van der Waals surface area contributed by atoms with Gasteiger partial charge < -0.3 is 14.8 Å². The van der Waals surface area contributed by atoms with Gasteiger partial charge in [-0.3, -0.25) is 0 Å². The first kappa shape index (κ1) is 18.8. The van der Waals surface area contributed by atoms with Crippen LogP contribution in [0.1, 0.15) is 79.7 Å². The predicted molar refractivity (Wildman–Crippen MR) is 115 cm³/mol. The van der Waals surface area contributed by atoms with E-state index in [9.17, 15) is 9.90 Å². The molecule has 2 fully saturated rings. The van der Waals surface area contributed by atoms with Crippen molar-refractivity contribution in [2.24, 2.45) is 11.8 Å². The van der Waals surface area contributed by atoms with Gasteiger partial charge in [-0.05, 0) is 74.5 Å². The maximum absolute atomic E-state index is 13.0. The molecule has 3 aliphatic rings. The predicted octanol–water partition coefficient (Wildman–Crippen LogP) is 5.37. The molecular weight excluding hydrogens is 362 g/mol. The Morgan fingerprint density at radius 1 is 1.07 bits per heavy atom. The van der Waals surface area contributed by atoms with Gasteiger partial charge >= 0.3 is 5.63 Å². The largest absolute Gasteiger partial charge is 0.507 e. The molecule has 0 aliphatic heterocycles. The number of nitrogens with one attached hydrogen (secondary N) is 1. The lowest BCUT2D eigenvalue weighted by Crippen LogP contribution is -2.19. The second-order valence-electron chi connectivity index (χ2n) is 9.23. The van der Waals surface area contributed by atoms with Gasteiger partial charge in [0.2, 0.25) is 0 Å². The van der Waals surface area contributed by atoms with E-state index in [0.717, 1.165) is 74.2 Å². The summed E-state index contributed by atoms with van der Waals surface area (Å²) in [7, 11) is 0. The van der Waals surface area contributed by atoms with E-state index in [-0.39, 0.29) is 17.3 Å². The Kier molecular flexibility index (Phi) is 5.11. The van der Waals surface area contributed by atoms with Gasteiger partial charge in [0.15, 0.2) is 0 Å². The Hall–Kier alpha value is -2.23. The van der Waals surface area contributed by atoms with Crippen LogP contribution in [-0.2, 0) is 12.8 Å². The van der Waals surface area contributed by atoms with Crippen LogP contribution in [0.25, 0.3) is 0 Å². The fourth-order valence-electron chi connectivity index (χ4n) is 4.82. The lowest BCUT2D eigenvalue weighted by Gasteiger charge is -2.22. The standard InChI is InChI=1S/C25H31NO3/c27-24-20-8-3-1-2-4-9-21(20)29-25(28)23(24)22(17-12-13-17)18-6-5-7-19(14-18)26-15-16-10-11-16/h5-7,14,16-17,22,26-27H,1-4,8-13,15H2. The molecule has 0 radical (unpaired) electrons. The number of fused-ring (bicyclic) bond motifs is 1. The van der Waals surface area contributed by atoms with Crippen LogP contribution in [-0.4, -0.2) is 11.7 Å². The molecule has 1 aromatic heterocycles. The van der Waals surface area contributed by atoms with Gasteiger partial charge in [0.1, 0.15) is 11.5 Å². The second-order valence-corrected chi connectivity index (χ2v) is 9.23. The van der Waals surface area contributed by atoms with Crippen LogP contribution < -0.4 is 10.9 Å². The molecule has 0 spiro atoms. The van der Waals surface area contributed by atoms with E-state index >= 15 is 0 Å². The van der Waals surface area contributed by atoms with Crippen molar-refractivity contribution in [1.82, 2.24) is 0 Å². The number of aryl methyl sites for hydroxylation is 1. The second kappa shape index (κ2) is 7.89. The molecule has 2 N–H and O–H groups in total. The van der Waals surface area contributed by atoms with Crippen molar-refractivity contribution >= 4 is 5.69 Å². The molecule has 4 heteroatoms. The van der Waals surface area contributed by atoms with Crippen molar-refractivity contribution in [2.45, 2.75) is 70.1 Å². The Labute approximate surface area is 172 Å². The number of aromatic hydroxyl groups is 1. The van der Waals surface area contributed by atoms with Crippen LogP contribution in [0, 0.1) is 11.8 Å². The summed E-state index contributed by atoms with van der Waals surface area (Å²) in [6.45, 7) is 1.02. The highest BCUT2D eigenvalue weighted by molar-refractivity contribution is 5.52. The summed E-state index contributed by atoms with van der Waals surface area (Å²) in [4.78, 5) is 13.0. The van der Waals surface area contributed by atoms with Crippen LogP contribution in [0.4, 0.5) is 5.69 Å². The maximum Gasteiger partial charge on any atom is 0.343 e. The van der Waals surface area contributed by atoms with E-state index in [1.807, 2.05) is 0 Å². The van der Waals surface area contributed by atoms with Crippen LogP contribution in [0.5, 0.6) is 5.75 Å². The van der Waals surface area contributed by atoms with E-state index in [4.69, 9.17) is 4.42 Å². The highest BCUT2D eigenvalue weighted by Gasteiger charge is 2.38.